The molecule has 3 heteroatoms. The van der Waals surface area contributed by atoms with Crippen molar-refractivity contribution in [2.75, 3.05) is 20.2 Å². The minimum Gasteiger partial charge on any atom is -0.497 e. The summed E-state index contributed by atoms with van der Waals surface area (Å²) in [4.78, 5) is 14.5. The molecule has 0 heterocycles. The summed E-state index contributed by atoms with van der Waals surface area (Å²) < 4.78 is 5.27. The molecule has 0 bridgehead atoms. The Bertz CT molecular complexity index is 633. The van der Waals surface area contributed by atoms with Crippen LogP contribution in [0.15, 0.2) is 48.5 Å². The predicted molar refractivity (Wildman–Crippen MR) is 89.5 cm³/mol. The Balaban J connectivity index is 2.30. The summed E-state index contributed by atoms with van der Waals surface area (Å²) in [6, 6.07) is 15.8. The molecule has 0 unspecified atom stereocenters. The van der Waals surface area contributed by atoms with E-state index in [1.807, 2.05) is 61.2 Å². The number of benzene rings is 2. The molecule has 0 aliphatic heterocycles. The van der Waals surface area contributed by atoms with Gasteiger partial charge in [0.15, 0.2) is 0 Å². The molecule has 1 amide bonds. The minimum absolute atomic E-state index is 0.100. The lowest BCUT2D eigenvalue weighted by atomic mass is 9.98. The maximum Gasteiger partial charge on any atom is 0.254 e. The Morgan fingerprint density at radius 1 is 1.05 bits per heavy atom. The molecular weight excluding hydrogens is 274 g/mol. The number of methoxy groups -OCH3 is 1. The number of carbonyl (C=O) groups excluding carboxylic acids is 1. The third-order valence-electron chi connectivity index (χ3n) is 3.83. The summed E-state index contributed by atoms with van der Waals surface area (Å²) in [5.74, 6) is 0.938. The second-order valence-electron chi connectivity index (χ2n) is 5.16. The highest BCUT2D eigenvalue weighted by atomic mass is 16.5. The van der Waals surface area contributed by atoms with Crippen molar-refractivity contribution in [3.63, 3.8) is 0 Å². The quantitative estimate of drug-likeness (QED) is 0.812. The van der Waals surface area contributed by atoms with Crippen molar-refractivity contribution < 1.29 is 9.53 Å². The lowest BCUT2D eigenvalue weighted by Crippen LogP contribution is -2.31. The van der Waals surface area contributed by atoms with Gasteiger partial charge in [0.1, 0.15) is 5.75 Å². The molecule has 0 aliphatic rings. The Morgan fingerprint density at radius 2 is 1.77 bits per heavy atom. The van der Waals surface area contributed by atoms with Crippen LogP contribution >= 0.6 is 0 Å². The minimum atomic E-state index is 0.100. The van der Waals surface area contributed by atoms with Crippen molar-refractivity contribution in [3.05, 3.63) is 65.2 Å². The highest BCUT2D eigenvalue weighted by molar-refractivity contribution is 5.95. The van der Waals surface area contributed by atoms with Crippen LogP contribution in [-0.2, 0) is 6.42 Å². The summed E-state index contributed by atoms with van der Waals surface area (Å²) in [7, 11) is 1.66. The molecule has 2 rings (SSSR count). The molecule has 0 atom stereocenters. The number of amides is 1. The maximum atomic E-state index is 12.6. The van der Waals surface area contributed by atoms with E-state index in [4.69, 9.17) is 4.74 Å². The largest absolute Gasteiger partial charge is 0.497 e. The normalized spacial score (nSPS) is 10.3. The van der Waals surface area contributed by atoms with E-state index in [1.165, 1.54) is 0 Å². The number of hydrogen-bond acceptors (Lipinski definition) is 2. The van der Waals surface area contributed by atoms with Crippen LogP contribution in [-0.4, -0.2) is 31.0 Å². The third kappa shape index (κ3) is 3.67. The first kappa shape index (κ1) is 16.1. The topological polar surface area (TPSA) is 29.5 Å². The summed E-state index contributed by atoms with van der Waals surface area (Å²) in [6.45, 7) is 5.46. The summed E-state index contributed by atoms with van der Waals surface area (Å²) in [5.41, 5.74) is 2.97. The van der Waals surface area contributed by atoms with Crippen LogP contribution in [0.2, 0.25) is 0 Å². The lowest BCUT2D eigenvalue weighted by molar-refractivity contribution is 0.0772. The Kier molecular flexibility index (Phi) is 5.59. The van der Waals surface area contributed by atoms with Gasteiger partial charge in [-0.05, 0) is 49.6 Å². The molecule has 0 saturated carbocycles. The lowest BCUT2D eigenvalue weighted by Gasteiger charge is -2.20. The van der Waals surface area contributed by atoms with Gasteiger partial charge in [0, 0.05) is 18.7 Å². The average molecular weight is 297 g/mol. The molecule has 0 saturated heterocycles. The van der Waals surface area contributed by atoms with Crippen molar-refractivity contribution in [3.8, 4) is 5.75 Å². The van der Waals surface area contributed by atoms with Gasteiger partial charge in [-0.1, -0.05) is 30.3 Å². The van der Waals surface area contributed by atoms with Gasteiger partial charge in [0.05, 0.1) is 7.11 Å². The number of carbonyl (C=O) groups is 1. The molecular formula is C19H23NO2. The zero-order valence-corrected chi connectivity index (χ0v) is 13.5. The van der Waals surface area contributed by atoms with Crippen LogP contribution in [0, 0.1) is 0 Å². The van der Waals surface area contributed by atoms with Crippen LogP contribution in [0.5, 0.6) is 5.75 Å². The van der Waals surface area contributed by atoms with Crippen molar-refractivity contribution in [1.29, 1.82) is 0 Å². The fourth-order valence-electron chi connectivity index (χ4n) is 2.57. The van der Waals surface area contributed by atoms with Gasteiger partial charge >= 0.3 is 0 Å². The van der Waals surface area contributed by atoms with Gasteiger partial charge in [0.25, 0.3) is 5.91 Å². The standard InChI is InChI=1S/C19H23NO2/c1-4-20(5-2)19(21)18-12-7-6-10-16(18)13-15-9-8-11-17(14-15)22-3/h6-12,14H,4-5,13H2,1-3H3. The molecule has 0 N–H and O–H groups in total. The summed E-state index contributed by atoms with van der Waals surface area (Å²) in [6.07, 6.45) is 0.723. The van der Waals surface area contributed by atoms with Crippen molar-refractivity contribution in [1.82, 2.24) is 4.90 Å². The van der Waals surface area contributed by atoms with Crippen LogP contribution in [0.1, 0.15) is 35.3 Å². The van der Waals surface area contributed by atoms with Crippen LogP contribution in [0.25, 0.3) is 0 Å². The molecule has 0 spiro atoms. The monoisotopic (exact) mass is 297 g/mol. The van der Waals surface area contributed by atoms with Crippen LogP contribution < -0.4 is 4.74 Å². The second-order valence-corrected chi connectivity index (χ2v) is 5.16. The van der Waals surface area contributed by atoms with E-state index < -0.39 is 0 Å². The molecule has 0 radical (unpaired) electrons. The SMILES string of the molecule is CCN(CC)C(=O)c1ccccc1Cc1cccc(OC)c1. The average Bonchev–Trinajstić information content (AvgIpc) is 2.56. The molecule has 2 aromatic carbocycles. The summed E-state index contributed by atoms with van der Waals surface area (Å²) >= 11 is 0. The highest BCUT2D eigenvalue weighted by Crippen LogP contribution is 2.19. The predicted octanol–water partition coefficient (Wildman–Crippen LogP) is 3.77. The molecule has 0 aromatic heterocycles. The fraction of sp³-hybridized carbons (Fsp3) is 0.316. The third-order valence-corrected chi connectivity index (χ3v) is 3.83. The number of rotatable bonds is 6. The van der Waals surface area contributed by atoms with Gasteiger partial charge in [-0.3, -0.25) is 4.79 Å². The fourth-order valence-corrected chi connectivity index (χ4v) is 2.57. The van der Waals surface area contributed by atoms with E-state index >= 15 is 0 Å². The highest BCUT2D eigenvalue weighted by Gasteiger charge is 2.16. The first-order valence-corrected chi connectivity index (χ1v) is 7.69. The van der Waals surface area contributed by atoms with E-state index in [1.54, 1.807) is 7.11 Å². The van der Waals surface area contributed by atoms with Crippen molar-refractivity contribution in [2.24, 2.45) is 0 Å². The number of hydrogen-bond donors (Lipinski definition) is 0. The first-order valence-electron chi connectivity index (χ1n) is 7.69. The second kappa shape index (κ2) is 7.64. The maximum absolute atomic E-state index is 12.6. The van der Waals surface area contributed by atoms with Crippen molar-refractivity contribution >= 4 is 5.91 Å². The van der Waals surface area contributed by atoms with E-state index in [0.29, 0.717) is 0 Å². The number of nitrogens with zero attached hydrogens (tertiary/aromatic N) is 1. The van der Waals surface area contributed by atoms with E-state index in [0.717, 1.165) is 42.0 Å². The van der Waals surface area contributed by atoms with Gasteiger partial charge in [-0.2, -0.15) is 0 Å². The van der Waals surface area contributed by atoms with Gasteiger partial charge in [-0.15, -0.1) is 0 Å². The zero-order chi connectivity index (χ0) is 15.9. The van der Waals surface area contributed by atoms with Crippen LogP contribution in [0.4, 0.5) is 0 Å². The first-order chi connectivity index (χ1) is 10.7. The van der Waals surface area contributed by atoms with E-state index in [-0.39, 0.29) is 5.91 Å². The molecule has 116 valence electrons. The van der Waals surface area contributed by atoms with Gasteiger partial charge < -0.3 is 9.64 Å². The zero-order valence-electron chi connectivity index (χ0n) is 13.5. The Hall–Kier alpha value is -2.29. The van der Waals surface area contributed by atoms with E-state index in [9.17, 15) is 4.79 Å². The molecule has 2 aromatic rings. The summed E-state index contributed by atoms with van der Waals surface area (Å²) in [5, 5.41) is 0. The van der Waals surface area contributed by atoms with Gasteiger partial charge in [-0.25, -0.2) is 0 Å². The smallest absolute Gasteiger partial charge is 0.254 e. The van der Waals surface area contributed by atoms with Gasteiger partial charge in [0.2, 0.25) is 0 Å². The number of ether oxygens (including phenoxy) is 1. The molecule has 3 nitrogen and oxygen atoms in total. The Labute approximate surface area is 132 Å². The molecule has 0 fully saturated rings. The Morgan fingerprint density at radius 3 is 2.45 bits per heavy atom. The molecule has 22 heavy (non-hydrogen) atoms. The van der Waals surface area contributed by atoms with Crippen LogP contribution in [0.3, 0.4) is 0 Å². The molecule has 0 aliphatic carbocycles. The van der Waals surface area contributed by atoms with Crippen molar-refractivity contribution in [2.45, 2.75) is 20.3 Å². The van der Waals surface area contributed by atoms with E-state index in [2.05, 4.69) is 6.07 Å².